The Kier molecular flexibility index (Phi) is 7.05. The predicted molar refractivity (Wildman–Crippen MR) is 99.1 cm³/mol. The molecule has 0 radical (unpaired) electrons. The third-order valence-corrected chi connectivity index (χ3v) is 4.54. The van der Waals surface area contributed by atoms with Gasteiger partial charge in [0.05, 0.1) is 25.5 Å². The van der Waals surface area contributed by atoms with Crippen molar-refractivity contribution in [2.75, 3.05) is 13.2 Å². The zero-order valence-electron chi connectivity index (χ0n) is 15.8. The molecule has 152 valence electrons. The number of hydrogen-bond donors (Lipinski definition) is 1. The zero-order chi connectivity index (χ0) is 19.9. The fraction of sp³-hybridized carbons (Fsp3) is 0.556. The van der Waals surface area contributed by atoms with Crippen LogP contribution in [0.4, 0.5) is 0 Å². The van der Waals surface area contributed by atoms with Gasteiger partial charge in [-0.2, -0.15) is 0 Å². The van der Waals surface area contributed by atoms with Crippen LogP contribution in [0.3, 0.4) is 0 Å². The van der Waals surface area contributed by atoms with E-state index in [0.29, 0.717) is 25.0 Å². The highest BCUT2D eigenvalue weighted by Crippen LogP contribution is 2.34. The summed E-state index contributed by atoms with van der Waals surface area (Å²) in [6.07, 6.45) is 6.30. The minimum absolute atomic E-state index is 0.00224. The molecule has 2 aromatic heterocycles. The normalized spacial score (nSPS) is 19.5. The van der Waals surface area contributed by atoms with Crippen LogP contribution >= 0.6 is 11.6 Å². The van der Waals surface area contributed by atoms with Gasteiger partial charge in [-0.15, -0.1) is 0 Å². The summed E-state index contributed by atoms with van der Waals surface area (Å²) in [5, 5.41) is 3.01. The maximum absolute atomic E-state index is 11.0. The summed E-state index contributed by atoms with van der Waals surface area (Å²) in [6, 6.07) is 0.00224. The Morgan fingerprint density at radius 3 is 2.75 bits per heavy atom. The summed E-state index contributed by atoms with van der Waals surface area (Å²) >= 11 is 6.26. The molecule has 2 aromatic rings. The number of nitrogens with one attached hydrogen (secondary N) is 1. The van der Waals surface area contributed by atoms with Gasteiger partial charge in [-0.1, -0.05) is 11.6 Å². The summed E-state index contributed by atoms with van der Waals surface area (Å²) in [7, 11) is 0. The number of aromatic nitrogens is 3. The van der Waals surface area contributed by atoms with E-state index < -0.39 is 0 Å². The van der Waals surface area contributed by atoms with Crippen LogP contribution in [0.25, 0.3) is 0 Å². The second kappa shape index (κ2) is 9.70. The van der Waals surface area contributed by atoms with E-state index in [1.165, 1.54) is 25.7 Å². The van der Waals surface area contributed by atoms with Crippen molar-refractivity contribution in [3.05, 3.63) is 29.7 Å². The lowest BCUT2D eigenvalue weighted by Crippen LogP contribution is -2.40. The van der Waals surface area contributed by atoms with Crippen LogP contribution in [0.1, 0.15) is 32.6 Å². The van der Waals surface area contributed by atoms with Crippen molar-refractivity contribution in [3.63, 3.8) is 0 Å². The number of nitrogens with zero attached hydrogens (tertiary/aromatic N) is 3. The molecule has 1 N–H and O–H groups in total. The van der Waals surface area contributed by atoms with Gasteiger partial charge in [0.1, 0.15) is 12.6 Å². The van der Waals surface area contributed by atoms with E-state index in [2.05, 4.69) is 20.3 Å². The van der Waals surface area contributed by atoms with Crippen LogP contribution in [0, 0.1) is 5.92 Å². The number of carbonyl (C=O) groups is 1. The first-order valence-corrected chi connectivity index (χ1v) is 9.42. The van der Waals surface area contributed by atoms with Gasteiger partial charge in [-0.3, -0.25) is 4.79 Å². The predicted octanol–water partition coefficient (Wildman–Crippen LogP) is 2.40. The first-order chi connectivity index (χ1) is 13.5. The van der Waals surface area contributed by atoms with E-state index >= 15 is 0 Å². The van der Waals surface area contributed by atoms with E-state index in [4.69, 9.17) is 30.2 Å². The molecule has 1 saturated carbocycles. The summed E-state index contributed by atoms with van der Waals surface area (Å²) in [4.78, 5) is 23.0. The quantitative estimate of drug-likeness (QED) is 0.636. The maximum atomic E-state index is 11.0. The second-order valence-corrected chi connectivity index (χ2v) is 7.10. The SMILES string of the molecule is CC(=O)N[C@@H](C)COC1CC(COc2ncnc(OCc3ncco3)c2Cl)C1. The maximum Gasteiger partial charge on any atom is 0.240 e. The lowest BCUT2D eigenvalue weighted by Gasteiger charge is -2.35. The van der Waals surface area contributed by atoms with E-state index in [1.54, 1.807) is 0 Å². The van der Waals surface area contributed by atoms with Gasteiger partial charge < -0.3 is 23.9 Å². The molecule has 0 saturated heterocycles. The van der Waals surface area contributed by atoms with Crippen LogP contribution in [0.15, 0.2) is 23.2 Å². The first kappa shape index (κ1) is 20.3. The average Bonchev–Trinajstić information content (AvgIpc) is 3.13. The number of carbonyl (C=O) groups excluding carboxylic acids is 1. The summed E-state index contributed by atoms with van der Waals surface area (Å²) in [6.45, 7) is 4.51. The summed E-state index contributed by atoms with van der Waals surface area (Å²) in [5.41, 5.74) is 0. The Hall–Kier alpha value is -2.39. The number of ether oxygens (including phenoxy) is 3. The summed E-state index contributed by atoms with van der Waals surface area (Å²) in [5.74, 6) is 1.23. The van der Waals surface area contributed by atoms with Crippen molar-refractivity contribution in [1.82, 2.24) is 20.3 Å². The third-order valence-electron chi connectivity index (χ3n) is 4.22. The number of hydrogen-bond acceptors (Lipinski definition) is 8. The van der Waals surface area contributed by atoms with Gasteiger partial charge in [-0.05, 0) is 25.7 Å². The molecule has 0 unspecified atom stereocenters. The molecule has 1 aliphatic carbocycles. The molecule has 28 heavy (non-hydrogen) atoms. The first-order valence-electron chi connectivity index (χ1n) is 9.04. The van der Waals surface area contributed by atoms with Crippen molar-refractivity contribution in [2.45, 2.75) is 45.4 Å². The van der Waals surface area contributed by atoms with Crippen LogP contribution < -0.4 is 14.8 Å². The smallest absolute Gasteiger partial charge is 0.240 e. The number of rotatable bonds is 10. The van der Waals surface area contributed by atoms with Gasteiger partial charge in [-0.25, -0.2) is 15.0 Å². The van der Waals surface area contributed by atoms with Gasteiger partial charge in [0.2, 0.25) is 23.6 Å². The van der Waals surface area contributed by atoms with E-state index in [0.717, 1.165) is 12.8 Å². The Bertz CT molecular complexity index is 767. The molecule has 0 spiro atoms. The van der Waals surface area contributed by atoms with Gasteiger partial charge >= 0.3 is 0 Å². The van der Waals surface area contributed by atoms with Gasteiger partial charge in [0.25, 0.3) is 0 Å². The molecule has 1 atom stereocenters. The molecule has 0 aromatic carbocycles. The molecule has 3 rings (SSSR count). The topological polar surface area (TPSA) is 109 Å². The molecule has 1 amide bonds. The zero-order valence-corrected chi connectivity index (χ0v) is 16.5. The Balaban J connectivity index is 1.38. The molecular weight excluding hydrogens is 388 g/mol. The second-order valence-electron chi connectivity index (χ2n) is 6.72. The highest BCUT2D eigenvalue weighted by atomic mass is 35.5. The lowest BCUT2D eigenvalue weighted by atomic mass is 9.83. The standard InChI is InChI=1S/C18H23ClN4O5/c1-11(23-12(2)24)7-26-14-5-13(6-14)8-27-17-16(19)18(22-10-21-17)28-9-15-20-3-4-25-15/h3-4,10-11,13-14H,5-9H2,1-2H3,(H,23,24)/t11-,13?,14?/m0/s1. The minimum atomic E-state index is -0.0542. The minimum Gasteiger partial charge on any atom is -0.476 e. The molecule has 9 nitrogen and oxygen atoms in total. The van der Waals surface area contributed by atoms with Gasteiger partial charge in [0, 0.05) is 13.0 Å². The largest absolute Gasteiger partial charge is 0.476 e. The van der Waals surface area contributed by atoms with Gasteiger partial charge in [0.15, 0.2) is 11.6 Å². The van der Waals surface area contributed by atoms with E-state index in [1.807, 2.05) is 6.92 Å². The average molecular weight is 411 g/mol. The molecule has 1 aliphatic rings. The number of amides is 1. The third kappa shape index (κ3) is 5.80. The van der Waals surface area contributed by atoms with E-state index in [9.17, 15) is 4.79 Å². The number of oxazole rings is 1. The fourth-order valence-electron chi connectivity index (χ4n) is 2.81. The molecule has 1 fully saturated rings. The van der Waals surface area contributed by atoms with Crippen molar-refractivity contribution < 1.29 is 23.4 Å². The highest BCUT2D eigenvalue weighted by molar-refractivity contribution is 6.33. The Labute approximate surface area is 167 Å². The highest BCUT2D eigenvalue weighted by Gasteiger charge is 2.31. The number of halogens is 1. The Morgan fingerprint density at radius 1 is 1.32 bits per heavy atom. The van der Waals surface area contributed by atoms with Crippen LogP contribution in [0.5, 0.6) is 11.8 Å². The molecule has 0 aliphatic heterocycles. The van der Waals surface area contributed by atoms with Crippen molar-refractivity contribution in [3.8, 4) is 11.8 Å². The molecular formula is C18H23ClN4O5. The lowest BCUT2D eigenvalue weighted by molar-refractivity contribution is -0.120. The van der Waals surface area contributed by atoms with Crippen molar-refractivity contribution in [1.29, 1.82) is 0 Å². The van der Waals surface area contributed by atoms with Crippen LogP contribution in [0.2, 0.25) is 5.02 Å². The Morgan fingerprint density at radius 2 is 2.07 bits per heavy atom. The summed E-state index contributed by atoms with van der Waals surface area (Å²) < 4.78 is 22.1. The van der Waals surface area contributed by atoms with E-state index in [-0.39, 0.29) is 41.4 Å². The van der Waals surface area contributed by atoms with Crippen molar-refractivity contribution in [2.24, 2.45) is 5.92 Å². The van der Waals surface area contributed by atoms with Crippen LogP contribution in [-0.2, 0) is 16.1 Å². The van der Waals surface area contributed by atoms with Crippen molar-refractivity contribution >= 4 is 17.5 Å². The van der Waals surface area contributed by atoms with Crippen LogP contribution in [-0.4, -0.2) is 46.2 Å². The molecule has 10 heteroatoms. The fourth-order valence-corrected chi connectivity index (χ4v) is 3.01. The molecule has 2 heterocycles. The molecule has 0 bridgehead atoms. The monoisotopic (exact) mass is 410 g/mol.